The summed E-state index contributed by atoms with van der Waals surface area (Å²) in [4.78, 5) is 8.53. The number of hydrogen-bond donors (Lipinski definition) is 1. The summed E-state index contributed by atoms with van der Waals surface area (Å²) in [6.07, 6.45) is 3.02. The number of pyridine rings is 1. The minimum atomic E-state index is 0.223. The zero-order valence-corrected chi connectivity index (χ0v) is 10.9. The molecule has 104 valence electrons. The molecule has 1 aliphatic rings. The van der Waals surface area contributed by atoms with E-state index in [0.717, 1.165) is 10.3 Å². The Labute approximate surface area is 120 Å². The van der Waals surface area contributed by atoms with Crippen molar-refractivity contribution in [1.82, 2.24) is 14.7 Å². The van der Waals surface area contributed by atoms with Crippen LogP contribution in [0.4, 0.5) is 0 Å². The first-order chi connectivity index (χ1) is 10.3. The molecule has 0 aliphatic carbocycles. The molecule has 6 nitrogen and oxygen atoms in total. The lowest BCUT2D eigenvalue weighted by atomic mass is 10.1. The van der Waals surface area contributed by atoms with Crippen LogP contribution in [-0.4, -0.2) is 26.7 Å². The lowest BCUT2D eigenvalue weighted by molar-refractivity contribution is 0.174. The van der Waals surface area contributed by atoms with Gasteiger partial charge in [-0.15, -0.1) is 0 Å². The maximum absolute atomic E-state index is 10.00. The van der Waals surface area contributed by atoms with Crippen LogP contribution in [0.25, 0.3) is 22.6 Å². The third kappa shape index (κ3) is 1.88. The molecular formula is C15H11N3O3. The molecule has 0 saturated carbocycles. The van der Waals surface area contributed by atoms with Gasteiger partial charge in [0, 0.05) is 11.8 Å². The molecule has 1 aromatic carbocycles. The minimum absolute atomic E-state index is 0.223. The number of benzene rings is 1. The Morgan fingerprint density at radius 2 is 1.95 bits per heavy atom. The molecule has 0 saturated heterocycles. The maximum Gasteiger partial charge on any atom is 0.231 e. The Morgan fingerprint density at radius 3 is 2.81 bits per heavy atom. The molecule has 0 unspecified atom stereocenters. The van der Waals surface area contributed by atoms with Crippen molar-refractivity contribution in [3.63, 3.8) is 0 Å². The second-order valence-corrected chi connectivity index (χ2v) is 4.57. The number of hydrogen-bond acceptors (Lipinski definition) is 5. The molecule has 4 rings (SSSR count). The summed E-state index contributed by atoms with van der Waals surface area (Å²) in [6, 6.07) is 11.1. The lowest BCUT2D eigenvalue weighted by Crippen LogP contribution is -1.94. The standard InChI is InChI=1S/C15H11N3O3/c19-18-8-17-14(15(18)11-3-1-2-6-16-11)10-4-5-12-13(7-10)21-9-20-12/h1-8,19H,9H2. The quantitative estimate of drug-likeness (QED) is 0.731. The zero-order valence-electron chi connectivity index (χ0n) is 10.9. The smallest absolute Gasteiger partial charge is 0.231 e. The summed E-state index contributed by atoms with van der Waals surface area (Å²) in [5.74, 6) is 1.38. The molecule has 0 amide bonds. The van der Waals surface area contributed by atoms with Crippen LogP contribution in [0, 0.1) is 0 Å². The molecule has 21 heavy (non-hydrogen) atoms. The molecule has 0 fully saturated rings. The number of ether oxygens (including phenoxy) is 2. The normalized spacial score (nSPS) is 12.6. The van der Waals surface area contributed by atoms with Crippen LogP contribution in [0.1, 0.15) is 0 Å². The van der Waals surface area contributed by atoms with Gasteiger partial charge in [-0.05, 0) is 30.3 Å². The Kier molecular flexibility index (Phi) is 2.53. The van der Waals surface area contributed by atoms with Crippen LogP contribution in [0.15, 0.2) is 48.9 Å². The third-order valence-corrected chi connectivity index (χ3v) is 3.30. The predicted molar refractivity (Wildman–Crippen MR) is 74.2 cm³/mol. The summed E-state index contributed by atoms with van der Waals surface area (Å²) in [5, 5.41) is 10.00. The highest BCUT2D eigenvalue weighted by atomic mass is 16.7. The largest absolute Gasteiger partial charge is 0.454 e. The topological polar surface area (TPSA) is 69.4 Å². The SMILES string of the molecule is On1cnc(-c2ccc3c(c2)OCO3)c1-c1ccccn1. The second-order valence-electron chi connectivity index (χ2n) is 4.57. The van der Waals surface area contributed by atoms with Gasteiger partial charge in [-0.3, -0.25) is 4.98 Å². The van der Waals surface area contributed by atoms with Crippen LogP contribution in [0.3, 0.4) is 0 Å². The molecule has 0 spiro atoms. The van der Waals surface area contributed by atoms with E-state index in [0.29, 0.717) is 28.6 Å². The van der Waals surface area contributed by atoms with E-state index in [1.54, 1.807) is 6.20 Å². The molecule has 6 heteroatoms. The predicted octanol–water partition coefficient (Wildman–Crippen LogP) is 2.58. The van der Waals surface area contributed by atoms with Crippen LogP contribution >= 0.6 is 0 Å². The molecular weight excluding hydrogens is 270 g/mol. The Hall–Kier alpha value is -3.02. The molecule has 3 heterocycles. The van der Waals surface area contributed by atoms with Crippen molar-refractivity contribution in [2.24, 2.45) is 0 Å². The Balaban J connectivity index is 1.87. The van der Waals surface area contributed by atoms with E-state index < -0.39 is 0 Å². The second kappa shape index (κ2) is 4.52. The molecule has 1 aliphatic heterocycles. The van der Waals surface area contributed by atoms with Crippen molar-refractivity contribution in [2.75, 3.05) is 6.79 Å². The average Bonchev–Trinajstić information content (AvgIpc) is 3.13. The van der Waals surface area contributed by atoms with Gasteiger partial charge in [0.05, 0.1) is 5.69 Å². The average molecular weight is 281 g/mol. The Bertz CT molecular complexity index is 799. The fourth-order valence-corrected chi connectivity index (χ4v) is 2.34. The van der Waals surface area contributed by atoms with Gasteiger partial charge in [-0.25, -0.2) is 4.98 Å². The molecule has 3 aromatic rings. The summed E-state index contributed by atoms with van der Waals surface area (Å²) in [6.45, 7) is 0.223. The molecule has 0 bridgehead atoms. The van der Waals surface area contributed by atoms with Crippen LogP contribution in [0.5, 0.6) is 11.5 Å². The van der Waals surface area contributed by atoms with Crippen LogP contribution in [0.2, 0.25) is 0 Å². The number of nitrogens with zero attached hydrogens (tertiary/aromatic N) is 3. The van der Waals surface area contributed by atoms with Gasteiger partial charge < -0.3 is 14.7 Å². The van der Waals surface area contributed by atoms with Gasteiger partial charge >= 0.3 is 0 Å². The highest BCUT2D eigenvalue weighted by Gasteiger charge is 2.19. The van der Waals surface area contributed by atoms with E-state index in [4.69, 9.17) is 9.47 Å². The maximum atomic E-state index is 10.00. The van der Waals surface area contributed by atoms with Gasteiger partial charge in [0.25, 0.3) is 0 Å². The number of fused-ring (bicyclic) bond motifs is 1. The van der Waals surface area contributed by atoms with Crippen molar-refractivity contribution in [1.29, 1.82) is 0 Å². The highest BCUT2D eigenvalue weighted by Crippen LogP contribution is 2.37. The van der Waals surface area contributed by atoms with Crippen molar-refractivity contribution in [2.45, 2.75) is 0 Å². The van der Waals surface area contributed by atoms with E-state index in [-0.39, 0.29) is 6.79 Å². The fraction of sp³-hybridized carbons (Fsp3) is 0.0667. The van der Waals surface area contributed by atoms with E-state index in [1.165, 1.54) is 6.33 Å². The molecule has 0 atom stereocenters. The van der Waals surface area contributed by atoms with Gasteiger partial charge in [0.15, 0.2) is 11.5 Å². The van der Waals surface area contributed by atoms with E-state index >= 15 is 0 Å². The van der Waals surface area contributed by atoms with Gasteiger partial charge in [-0.1, -0.05) is 6.07 Å². The molecule has 0 radical (unpaired) electrons. The summed E-state index contributed by atoms with van der Waals surface area (Å²) >= 11 is 0. The highest BCUT2D eigenvalue weighted by molar-refractivity contribution is 5.78. The first-order valence-corrected chi connectivity index (χ1v) is 6.41. The Morgan fingerprint density at radius 1 is 1.05 bits per heavy atom. The van der Waals surface area contributed by atoms with Gasteiger partial charge in [-0.2, -0.15) is 4.73 Å². The molecule has 2 aromatic heterocycles. The number of rotatable bonds is 2. The third-order valence-electron chi connectivity index (χ3n) is 3.30. The first-order valence-electron chi connectivity index (χ1n) is 6.41. The summed E-state index contributed by atoms with van der Waals surface area (Å²) in [5.41, 5.74) is 2.64. The first kappa shape index (κ1) is 11.8. The minimum Gasteiger partial charge on any atom is -0.454 e. The lowest BCUT2D eigenvalue weighted by Gasteiger charge is -2.05. The van der Waals surface area contributed by atoms with Crippen molar-refractivity contribution in [3.05, 3.63) is 48.9 Å². The summed E-state index contributed by atoms with van der Waals surface area (Å²) < 4.78 is 11.7. The van der Waals surface area contributed by atoms with E-state index in [9.17, 15) is 5.21 Å². The zero-order chi connectivity index (χ0) is 14.2. The van der Waals surface area contributed by atoms with Gasteiger partial charge in [0.1, 0.15) is 17.7 Å². The van der Waals surface area contributed by atoms with Crippen molar-refractivity contribution in [3.8, 4) is 34.1 Å². The van der Waals surface area contributed by atoms with Gasteiger partial charge in [0.2, 0.25) is 6.79 Å². The monoisotopic (exact) mass is 281 g/mol. The molecule has 1 N–H and O–H groups in total. The van der Waals surface area contributed by atoms with Crippen molar-refractivity contribution >= 4 is 0 Å². The van der Waals surface area contributed by atoms with E-state index in [1.807, 2.05) is 36.4 Å². The number of imidazole rings is 1. The van der Waals surface area contributed by atoms with Crippen molar-refractivity contribution < 1.29 is 14.7 Å². The van der Waals surface area contributed by atoms with Crippen LogP contribution < -0.4 is 9.47 Å². The fourth-order valence-electron chi connectivity index (χ4n) is 2.34. The van der Waals surface area contributed by atoms with Crippen LogP contribution in [-0.2, 0) is 0 Å². The number of aromatic nitrogens is 3. The summed E-state index contributed by atoms with van der Waals surface area (Å²) in [7, 11) is 0. The van der Waals surface area contributed by atoms with E-state index in [2.05, 4.69) is 9.97 Å².